The average molecular weight is 384 g/mol. The summed E-state index contributed by atoms with van der Waals surface area (Å²) < 4.78 is 1.83. The minimum Gasteiger partial charge on any atom is -0.324 e. The Labute approximate surface area is 161 Å². The fourth-order valence-electron chi connectivity index (χ4n) is 3.48. The maximum Gasteiger partial charge on any atom is 0.320 e. The van der Waals surface area contributed by atoms with Crippen LogP contribution in [0.25, 0.3) is 5.57 Å². The molecule has 27 heavy (non-hydrogen) atoms. The van der Waals surface area contributed by atoms with Gasteiger partial charge in [0, 0.05) is 25.8 Å². The van der Waals surface area contributed by atoms with E-state index in [2.05, 4.69) is 21.1 Å². The van der Waals surface area contributed by atoms with Crippen molar-refractivity contribution < 1.29 is 4.79 Å². The number of aromatic nitrogens is 4. The van der Waals surface area contributed by atoms with Crippen LogP contribution in [0.3, 0.4) is 0 Å². The Kier molecular flexibility index (Phi) is 4.77. The van der Waals surface area contributed by atoms with Gasteiger partial charge in [-0.3, -0.25) is 4.98 Å². The molecule has 2 aliphatic rings. The molecule has 2 amide bonds. The van der Waals surface area contributed by atoms with E-state index in [9.17, 15) is 10.1 Å². The highest BCUT2D eigenvalue weighted by Gasteiger charge is 2.28. The van der Waals surface area contributed by atoms with Crippen molar-refractivity contribution in [3.63, 3.8) is 0 Å². The number of amides is 2. The van der Waals surface area contributed by atoms with Gasteiger partial charge in [0.25, 0.3) is 0 Å². The molecular weight excluding hydrogens is 366 g/mol. The van der Waals surface area contributed by atoms with Crippen LogP contribution in [0.4, 0.5) is 4.79 Å². The lowest BCUT2D eigenvalue weighted by Gasteiger charge is -2.35. The van der Waals surface area contributed by atoms with Crippen molar-refractivity contribution in [3.05, 3.63) is 46.8 Å². The lowest BCUT2D eigenvalue weighted by molar-refractivity contribution is 0.135. The topological polar surface area (TPSA) is 90.9 Å². The number of halogens is 1. The Morgan fingerprint density at radius 2 is 1.93 bits per heavy atom. The van der Waals surface area contributed by atoms with E-state index in [-0.39, 0.29) is 6.03 Å². The van der Waals surface area contributed by atoms with Crippen molar-refractivity contribution in [3.8, 4) is 6.07 Å². The summed E-state index contributed by atoms with van der Waals surface area (Å²) >= 11 is 5.88. The number of urea groups is 1. The molecule has 8 nitrogen and oxygen atoms in total. The summed E-state index contributed by atoms with van der Waals surface area (Å²) in [7, 11) is 0. The number of carbonyl (C=O) groups excluding carboxylic acids is 1. The fourth-order valence-corrected chi connectivity index (χ4v) is 3.60. The average Bonchev–Trinajstić information content (AvgIpc) is 3.18. The Morgan fingerprint density at radius 1 is 1.11 bits per heavy atom. The second kappa shape index (κ2) is 7.37. The van der Waals surface area contributed by atoms with E-state index >= 15 is 0 Å². The molecule has 0 spiro atoms. The third kappa shape index (κ3) is 3.51. The Balaban J connectivity index is 1.43. The van der Waals surface area contributed by atoms with Gasteiger partial charge in [0.05, 0.1) is 29.4 Å². The molecule has 0 aliphatic carbocycles. The first-order chi connectivity index (χ1) is 13.2. The number of likely N-dealkylation sites (tertiary alicyclic amines) is 1. The van der Waals surface area contributed by atoms with E-state index in [0.29, 0.717) is 61.9 Å². The molecule has 4 rings (SSSR count). The number of hydrogen-bond acceptors (Lipinski definition) is 5. The van der Waals surface area contributed by atoms with E-state index in [1.54, 1.807) is 18.3 Å². The molecule has 1 saturated heterocycles. The number of piperidine rings is 1. The summed E-state index contributed by atoms with van der Waals surface area (Å²) in [6.07, 6.45) is 4.41. The van der Waals surface area contributed by atoms with Gasteiger partial charge in [0.2, 0.25) is 0 Å². The van der Waals surface area contributed by atoms with Crippen LogP contribution in [0.5, 0.6) is 0 Å². The van der Waals surface area contributed by atoms with Gasteiger partial charge < -0.3 is 9.80 Å². The monoisotopic (exact) mass is 383 g/mol. The highest BCUT2D eigenvalue weighted by Crippen LogP contribution is 2.26. The van der Waals surface area contributed by atoms with Crippen molar-refractivity contribution in [2.45, 2.75) is 25.9 Å². The number of rotatable bonds is 1. The maximum absolute atomic E-state index is 12.8. The van der Waals surface area contributed by atoms with E-state index in [1.165, 1.54) is 6.33 Å². The second-order valence-electron chi connectivity index (χ2n) is 6.54. The largest absolute Gasteiger partial charge is 0.324 e. The fraction of sp³-hybridized carbons (Fsp3) is 0.389. The molecule has 138 valence electrons. The molecule has 2 aromatic rings. The molecule has 0 unspecified atom stereocenters. The van der Waals surface area contributed by atoms with E-state index < -0.39 is 0 Å². The van der Waals surface area contributed by atoms with Crippen molar-refractivity contribution in [2.24, 2.45) is 0 Å². The smallest absolute Gasteiger partial charge is 0.320 e. The number of pyridine rings is 1. The highest BCUT2D eigenvalue weighted by atomic mass is 35.5. The number of allylic oxidation sites excluding steroid dienone is 1. The molecule has 0 saturated carbocycles. The van der Waals surface area contributed by atoms with Gasteiger partial charge in [0.1, 0.15) is 18.2 Å². The van der Waals surface area contributed by atoms with Gasteiger partial charge in [-0.05, 0) is 30.5 Å². The van der Waals surface area contributed by atoms with Gasteiger partial charge in [-0.15, -0.1) is 0 Å². The van der Waals surface area contributed by atoms with Crippen molar-refractivity contribution in [1.82, 2.24) is 29.5 Å². The van der Waals surface area contributed by atoms with Crippen LogP contribution >= 0.6 is 11.6 Å². The Hall–Kier alpha value is -2.92. The third-order valence-corrected chi connectivity index (χ3v) is 5.19. The van der Waals surface area contributed by atoms with E-state index in [1.807, 2.05) is 14.5 Å². The Bertz CT molecular complexity index is 918. The first-order valence-electron chi connectivity index (χ1n) is 8.80. The molecule has 0 atom stereocenters. The second-order valence-corrected chi connectivity index (χ2v) is 6.98. The minimum absolute atomic E-state index is 0.0198. The van der Waals surface area contributed by atoms with Gasteiger partial charge in [0.15, 0.2) is 0 Å². The summed E-state index contributed by atoms with van der Waals surface area (Å²) in [5, 5.41) is 14.2. The normalized spacial score (nSPS) is 16.7. The molecule has 9 heteroatoms. The van der Waals surface area contributed by atoms with Gasteiger partial charge in [-0.2, -0.15) is 10.4 Å². The quantitative estimate of drug-likeness (QED) is 0.705. The van der Waals surface area contributed by atoms with E-state index in [0.717, 1.165) is 11.4 Å². The highest BCUT2D eigenvalue weighted by molar-refractivity contribution is 6.30. The zero-order valence-corrected chi connectivity index (χ0v) is 15.4. The van der Waals surface area contributed by atoms with Crippen LogP contribution in [0, 0.1) is 11.3 Å². The molecule has 0 N–H and O–H groups in total. The first kappa shape index (κ1) is 17.5. The number of carbonyl (C=O) groups is 1. The third-order valence-electron chi connectivity index (χ3n) is 4.97. The summed E-state index contributed by atoms with van der Waals surface area (Å²) in [5.41, 5.74) is 2.26. The number of nitriles is 1. The van der Waals surface area contributed by atoms with Crippen molar-refractivity contribution >= 4 is 23.2 Å². The molecule has 2 aliphatic heterocycles. The molecular formula is C18H18ClN7O. The van der Waals surface area contributed by atoms with Gasteiger partial charge in [-0.1, -0.05) is 11.6 Å². The zero-order valence-electron chi connectivity index (χ0n) is 14.7. The SMILES string of the molecule is N#CC(=C1CCN(C(=O)N2CCn3ncnc3C2)CC1)c1ccc(Cl)cn1. The Morgan fingerprint density at radius 3 is 2.63 bits per heavy atom. The van der Waals surface area contributed by atoms with Crippen LogP contribution in [-0.4, -0.2) is 55.2 Å². The molecule has 0 radical (unpaired) electrons. The summed E-state index contributed by atoms with van der Waals surface area (Å²) in [6, 6.07) is 5.78. The summed E-state index contributed by atoms with van der Waals surface area (Å²) in [6.45, 7) is 2.97. The zero-order chi connectivity index (χ0) is 18.8. The summed E-state index contributed by atoms with van der Waals surface area (Å²) in [4.78, 5) is 24.9. The lowest BCUT2D eigenvalue weighted by Crippen LogP contribution is -2.48. The molecule has 1 fully saturated rings. The number of nitrogens with zero attached hydrogens (tertiary/aromatic N) is 7. The van der Waals surface area contributed by atoms with Crippen LogP contribution in [0.15, 0.2) is 30.2 Å². The van der Waals surface area contributed by atoms with Gasteiger partial charge in [-0.25, -0.2) is 14.5 Å². The lowest BCUT2D eigenvalue weighted by atomic mass is 9.96. The molecule has 2 aromatic heterocycles. The van der Waals surface area contributed by atoms with Crippen LogP contribution in [0.1, 0.15) is 24.4 Å². The van der Waals surface area contributed by atoms with Crippen LogP contribution in [0.2, 0.25) is 5.02 Å². The predicted molar refractivity (Wildman–Crippen MR) is 98.4 cm³/mol. The molecule has 0 bridgehead atoms. The predicted octanol–water partition coefficient (Wildman–Crippen LogP) is 2.34. The van der Waals surface area contributed by atoms with E-state index in [4.69, 9.17) is 11.6 Å². The maximum atomic E-state index is 12.8. The standard InChI is InChI=1S/C18H18ClN7O/c19-14-1-2-16(21-10-14)15(9-20)13-3-5-24(6-4-13)18(27)25-7-8-26-17(11-25)22-12-23-26/h1-2,10,12H,3-8,11H2. The number of hydrogen-bond donors (Lipinski definition) is 0. The number of fused-ring (bicyclic) bond motifs is 1. The van der Waals surface area contributed by atoms with Crippen LogP contribution < -0.4 is 0 Å². The molecule has 4 heterocycles. The summed E-state index contributed by atoms with van der Waals surface area (Å²) in [5.74, 6) is 0.813. The minimum atomic E-state index is 0.0198. The van der Waals surface area contributed by atoms with Crippen molar-refractivity contribution in [2.75, 3.05) is 19.6 Å². The van der Waals surface area contributed by atoms with Crippen molar-refractivity contribution in [1.29, 1.82) is 5.26 Å². The van der Waals surface area contributed by atoms with Gasteiger partial charge >= 0.3 is 6.03 Å². The molecule has 0 aromatic carbocycles. The first-order valence-corrected chi connectivity index (χ1v) is 9.18. The van der Waals surface area contributed by atoms with Crippen LogP contribution in [-0.2, 0) is 13.1 Å².